The lowest BCUT2D eigenvalue weighted by atomic mass is 9.99. The maximum absolute atomic E-state index is 14.0. The lowest BCUT2D eigenvalue weighted by Crippen LogP contribution is -2.20. The number of nitrogens with zero attached hydrogens (tertiary/aromatic N) is 1. The molecular weight excluding hydrogens is 279 g/mol. The zero-order valence-electron chi connectivity index (χ0n) is 11.4. The number of ether oxygens (including phenoxy) is 1. The number of nitrogens with one attached hydrogen (secondary N) is 1. The van der Waals surface area contributed by atoms with E-state index in [2.05, 4.69) is 10.3 Å². The largest absolute Gasteiger partial charge is 0.481 e. The van der Waals surface area contributed by atoms with Crippen molar-refractivity contribution in [3.63, 3.8) is 0 Å². The first-order chi connectivity index (χ1) is 9.67. The highest BCUT2D eigenvalue weighted by Crippen LogP contribution is 2.27. The van der Waals surface area contributed by atoms with Crippen molar-refractivity contribution < 1.29 is 9.13 Å². The van der Waals surface area contributed by atoms with Crippen LogP contribution in [0.5, 0.6) is 5.88 Å². The first kappa shape index (κ1) is 14.8. The van der Waals surface area contributed by atoms with Crippen molar-refractivity contribution in [1.82, 2.24) is 10.3 Å². The summed E-state index contributed by atoms with van der Waals surface area (Å²) in [5.74, 6) is 0.159. The van der Waals surface area contributed by atoms with Crippen LogP contribution in [0.25, 0.3) is 0 Å². The number of pyridine rings is 1. The van der Waals surface area contributed by atoms with Crippen molar-refractivity contribution in [2.24, 2.45) is 0 Å². The summed E-state index contributed by atoms with van der Waals surface area (Å²) in [6, 6.07) is 8.65. The Morgan fingerprint density at radius 2 is 2.15 bits per heavy atom. The van der Waals surface area contributed by atoms with Crippen LogP contribution in [0.2, 0.25) is 5.02 Å². The maximum atomic E-state index is 14.0. The molecule has 2 rings (SSSR count). The molecule has 1 heterocycles. The summed E-state index contributed by atoms with van der Waals surface area (Å²) in [7, 11) is 3.39. The Morgan fingerprint density at radius 3 is 2.85 bits per heavy atom. The van der Waals surface area contributed by atoms with Crippen LogP contribution in [-0.4, -0.2) is 19.1 Å². The summed E-state index contributed by atoms with van der Waals surface area (Å²) >= 11 is 5.81. The van der Waals surface area contributed by atoms with Crippen molar-refractivity contribution in [1.29, 1.82) is 0 Å². The van der Waals surface area contributed by atoms with E-state index in [1.165, 1.54) is 0 Å². The van der Waals surface area contributed by atoms with Crippen LogP contribution in [0, 0.1) is 5.82 Å². The standard InChI is InChI=1S/C15H16ClFN2O/c1-18-13(11-6-4-8-19-15(11)20-2)9-10-5-3-7-12(16)14(10)17/h3-8,13,18H,9H2,1-2H3. The van der Waals surface area contributed by atoms with E-state index in [1.54, 1.807) is 31.5 Å². The van der Waals surface area contributed by atoms with Gasteiger partial charge < -0.3 is 10.1 Å². The van der Waals surface area contributed by atoms with Crippen LogP contribution in [0.4, 0.5) is 4.39 Å². The quantitative estimate of drug-likeness (QED) is 0.918. The lowest BCUT2D eigenvalue weighted by molar-refractivity contribution is 0.384. The fraction of sp³-hybridized carbons (Fsp3) is 0.267. The van der Waals surface area contributed by atoms with Gasteiger partial charge in [0.2, 0.25) is 5.88 Å². The summed E-state index contributed by atoms with van der Waals surface area (Å²) in [4.78, 5) is 4.17. The summed E-state index contributed by atoms with van der Waals surface area (Å²) in [5, 5.41) is 3.29. The smallest absolute Gasteiger partial charge is 0.217 e. The van der Waals surface area contributed by atoms with Crippen LogP contribution in [-0.2, 0) is 6.42 Å². The van der Waals surface area contributed by atoms with Gasteiger partial charge in [-0.25, -0.2) is 9.37 Å². The van der Waals surface area contributed by atoms with Crippen LogP contribution in [0.3, 0.4) is 0 Å². The number of likely N-dealkylation sites (N-methyl/N-ethyl adjacent to an activating group) is 1. The van der Waals surface area contributed by atoms with Crippen LogP contribution in [0.1, 0.15) is 17.2 Å². The van der Waals surface area contributed by atoms with Crippen LogP contribution >= 0.6 is 11.6 Å². The van der Waals surface area contributed by atoms with Crippen molar-refractivity contribution in [3.8, 4) is 5.88 Å². The number of methoxy groups -OCH3 is 1. The van der Waals surface area contributed by atoms with E-state index < -0.39 is 0 Å². The Morgan fingerprint density at radius 1 is 1.35 bits per heavy atom. The molecule has 5 heteroatoms. The van der Waals surface area contributed by atoms with Gasteiger partial charge in [0.05, 0.1) is 12.1 Å². The molecule has 0 saturated heterocycles. The van der Waals surface area contributed by atoms with Crippen molar-refractivity contribution >= 4 is 11.6 Å². The molecule has 1 aromatic carbocycles. The van der Waals surface area contributed by atoms with Gasteiger partial charge in [-0.1, -0.05) is 29.8 Å². The molecule has 0 radical (unpaired) electrons. The van der Waals surface area contributed by atoms with E-state index in [-0.39, 0.29) is 16.9 Å². The van der Waals surface area contributed by atoms with Gasteiger partial charge in [0.15, 0.2) is 0 Å². The van der Waals surface area contributed by atoms with Gasteiger partial charge >= 0.3 is 0 Å². The molecule has 0 spiro atoms. The second-order valence-electron chi connectivity index (χ2n) is 4.36. The molecule has 0 aliphatic carbocycles. The fourth-order valence-electron chi connectivity index (χ4n) is 2.13. The number of hydrogen-bond acceptors (Lipinski definition) is 3. The molecule has 0 aliphatic rings. The Balaban J connectivity index is 2.31. The molecule has 20 heavy (non-hydrogen) atoms. The Bertz CT molecular complexity index is 592. The predicted octanol–water partition coefficient (Wildman–Crippen LogP) is 3.39. The van der Waals surface area contributed by atoms with E-state index >= 15 is 0 Å². The molecule has 0 aliphatic heterocycles. The highest BCUT2D eigenvalue weighted by atomic mass is 35.5. The van der Waals surface area contributed by atoms with E-state index in [0.29, 0.717) is 17.9 Å². The molecule has 0 bridgehead atoms. The molecule has 0 saturated carbocycles. The summed E-state index contributed by atoms with van der Waals surface area (Å²) in [6.07, 6.45) is 2.12. The van der Waals surface area contributed by atoms with Gasteiger partial charge in [-0.05, 0) is 31.2 Å². The molecule has 0 amide bonds. The third kappa shape index (κ3) is 3.08. The van der Waals surface area contributed by atoms with E-state index in [4.69, 9.17) is 16.3 Å². The minimum absolute atomic E-state index is 0.105. The number of benzene rings is 1. The summed E-state index contributed by atoms with van der Waals surface area (Å²) < 4.78 is 19.2. The minimum atomic E-state index is -0.378. The van der Waals surface area contributed by atoms with Gasteiger partial charge in [-0.2, -0.15) is 0 Å². The second-order valence-corrected chi connectivity index (χ2v) is 4.77. The molecule has 2 aromatic rings. The average Bonchev–Trinajstić information content (AvgIpc) is 2.49. The molecule has 1 unspecified atom stereocenters. The topological polar surface area (TPSA) is 34.2 Å². The Kier molecular flexibility index (Phi) is 4.93. The zero-order valence-corrected chi connectivity index (χ0v) is 12.1. The summed E-state index contributed by atoms with van der Waals surface area (Å²) in [5.41, 5.74) is 1.44. The number of halogens is 2. The third-order valence-electron chi connectivity index (χ3n) is 3.17. The molecule has 0 fully saturated rings. The SMILES string of the molecule is CNC(Cc1cccc(Cl)c1F)c1cccnc1OC. The van der Waals surface area contributed by atoms with Gasteiger partial charge in [-0.3, -0.25) is 0 Å². The van der Waals surface area contributed by atoms with Gasteiger partial charge in [0.25, 0.3) is 0 Å². The van der Waals surface area contributed by atoms with Crippen molar-refractivity contribution in [3.05, 3.63) is 58.5 Å². The minimum Gasteiger partial charge on any atom is -0.481 e. The summed E-state index contributed by atoms with van der Waals surface area (Å²) in [6.45, 7) is 0. The Labute approximate surface area is 122 Å². The molecular formula is C15H16ClFN2O. The molecule has 3 nitrogen and oxygen atoms in total. The van der Waals surface area contributed by atoms with E-state index in [0.717, 1.165) is 5.56 Å². The number of rotatable bonds is 5. The van der Waals surface area contributed by atoms with Gasteiger partial charge in [0.1, 0.15) is 5.82 Å². The molecule has 1 N–H and O–H groups in total. The molecule has 106 valence electrons. The predicted molar refractivity (Wildman–Crippen MR) is 77.7 cm³/mol. The van der Waals surface area contributed by atoms with Crippen molar-refractivity contribution in [2.75, 3.05) is 14.2 Å². The van der Waals surface area contributed by atoms with Crippen LogP contribution in [0.15, 0.2) is 36.5 Å². The Hall–Kier alpha value is -1.65. The average molecular weight is 295 g/mol. The highest BCUT2D eigenvalue weighted by Gasteiger charge is 2.18. The normalized spacial score (nSPS) is 12.2. The first-order valence-corrected chi connectivity index (χ1v) is 6.64. The monoisotopic (exact) mass is 294 g/mol. The number of aromatic nitrogens is 1. The maximum Gasteiger partial charge on any atom is 0.217 e. The molecule has 1 atom stereocenters. The number of hydrogen-bond donors (Lipinski definition) is 1. The van der Waals surface area contributed by atoms with E-state index in [1.807, 2.05) is 19.2 Å². The van der Waals surface area contributed by atoms with Crippen molar-refractivity contribution in [2.45, 2.75) is 12.5 Å². The zero-order chi connectivity index (χ0) is 14.5. The molecule has 1 aromatic heterocycles. The second kappa shape index (κ2) is 6.68. The van der Waals surface area contributed by atoms with E-state index in [9.17, 15) is 4.39 Å². The van der Waals surface area contributed by atoms with Gasteiger partial charge in [-0.15, -0.1) is 0 Å². The highest BCUT2D eigenvalue weighted by molar-refractivity contribution is 6.30. The lowest BCUT2D eigenvalue weighted by Gasteiger charge is -2.19. The first-order valence-electron chi connectivity index (χ1n) is 6.26. The third-order valence-corrected chi connectivity index (χ3v) is 3.47. The fourth-order valence-corrected chi connectivity index (χ4v) is 2.33. The van der Waals surface area contributed by atoms with Gasteiger partial charge in [0, 0.05) is 17.8 Å². The van der Waals surface area contributed by atoms with Crippen LogP contribution < -0.4 is 10.1 Å².